The maximum absolute atomic E-state index is 12.9. The van der Waals surface area contributed by atoms with Crippen LogP contribution < -0.4 is 0 Å². The lowest BCUT2D eigenvalue weighted by Gasteiger charge is -2.72. The summed E-state index contributed by atoms with van der Waals surface area (Å²) in [5.74, 6) is -0.880. The molecular weight excluding hydrogens is 480 g/mol. The zero-order valence-electron chi connectivity index (χ0n) is 24.8. The van der Waals surface area contributed by atoms with Crippen LogP contribution in [0.25, 0.3) is 0 Å². The molecule has 4 saturated carbocycles. The number of aliphatic hydroxyl groups excluding tert-OH is 1. The van der Waals surface area contributed by atoms with Crippen LogP contribution in [0.15, 0.2) is 11.6 Å². The Kier molecular flexibility index (Phi) is 6.16. The van der Waals surface area contributed by atoms with E-state index in [-0.39, 0.29) is 34.1 Å². The molecule has 0 aromatic rings. The van der Waals surface area contributed by atoms with Gasteiger partial charge in [-0.2, -0.15) is 0 Å². The largest absolute Gasteiger partial charge is 0.481 e. The van der Waals surface area contributed by atoms with Gasteiger partial charge in [0.05, 0.1) is 17.1 Å². The highest BCUT2D eigenvalue weighted by Gasteiger charge is 2.72. The molecule has 38 heavy (non-hydrogen) atoms. The Morgan fingerprint density at radius 2 is 1.63 bits per heavy atom. The minimum Gasteiger partial charge on any atom is -0.481 e. The summed E-state index contributed by atoms with van der Waals surface area (Å²) in [6.07, 6.45) is 7.28. The molecule has 0 heterocycles. The average Bonchev–Trinajstić information content (AvgIpc) is 2.79. The summed E-state index contributed by atoms with van der Waals surface area (Å²) in [5, 5.41) is 33.9. The fourth-order valence-corrected chi connectivity index (χ4v) is 11.3. The second-order valence-corrected chi connectivity index (χ2v) is 15.5. The Morgan fingerprint density at radius 3 is 2.24 bits per heavy atom. The van der Waals surface area contributed by atoms with Gasteiger partial charge < -0.3 is 20.1 Å². The van der Waals surface area contributed by atoms with E-state index in [9.17, 15) is 24.9 Å². The molecule has 6 heteroatoms. The van der Waals surface area contributed by atoms with Crippen LogP contribution in [0.1, 0.15) is 107 Å². The number of carboxylic acid groups (broad SMARTS) is 1. The number of carboxylic acids is 1. The summed E-state index contributed by atoms with van der Waals surface area (Å²) < 4.78 is 5.74. The highest BCUT2D eigenvalue weighted by molar-refractivity contribution is 5.77. The van der Waals surface area contributed by atoms with E-state index in [2.05, 4.69) is 47.6 Å². The Hall–Kier alpha value is -1.40. The quantitative estimate of drug-likeness (QED) is 0.310. The molecule has 0 aromatic heterocycles. The summed E-state index contributed by atoms with van der Waals surface area (Å²) in [4.78, 5) is 24.9. The van der Waals surface area contributed by atoms with Crippen molar-refractivity contribution in [3.05, 3.63) is 11.6 Å². The first kappa shape index (κ1) is 28.1. The minimum atomic E-state index is -1.08. The molecule has 4 fully saturated rings. The van der Waals surface area contributed by atoms with Crippen LogP contribution in [0, 0.1) is 50.7 Å². The van der Waals surface area contributed by atoms with Crippen molar-refractivity contribution in [1.82, 2.24) is 0 Å². The fourth-order valence-electron chi connectivity index (χ4n) is 11.3. The molecule has 0 bridgehead atoms. The zero-order valence-corrected chi connectivity index (χ0v) is 24.8. The number of hydrogen-bond donors (Lipinski definition) is 3. The van der Waals surface area contributed by atoms with Crippen LogP contribution in [0.5, 0.6) is 0 Å². The number of hydrogen-bond acceptors (Lipinski definition) is 5. The lowest BCUT2D eigenvalue weighted by atomic mass is 9.33. The van der Waals surface area contributed by atoms with Crippen LogP contribution in [0.2, 0.25) is 0 Å². The van der Waals surface area contributed by atoms with Crippen molar-refractivity contribution in [2.24, 2.45) is 50.7 Å². The van der Waals surface area contributed by atoms with E-state index in [1.807, 2.05) is 6.92 Å². The summed E-state index contributed by atoms with van der Waals surface area (Å²) >= 11 is 0. The predicted molar refractivity (Wildman–Crippen MR) is 145 cm³/mol. The van der Waals surface area contributed by atoms with Crippen LogP contribution in [-0.2, 0) is 14.3 Å². The summed E-state index contributed by atoms with van der Waals surface area (Å²) in [6, 6.07) is 0. The molecule has 5 aliphatic carbocycles. The molecule has 0 aliphatic heterocycles. The van der Waals surface area contributed by atoms with Gasteiger partial charge in [0.1, 0.15) is 6.10 Å². The molecular formula is C32H50O6. The number of esters is 1. The van der Waals surface area contributed by atoms with Crippen molar-refractivity contribution in [2.75, 3.05) is 0 Å². The standard InChI is InChI=1S/C32H50O6/c1-18-11-14-32(26(35)36)16-15-29(6)20(24(32)31(18,8)37)9-10-23-28(5)17-21(38-19(2)33)25(34)27(3,4)22(28)12-13-30(23,29)7/h9,18,21-25,34,37H,10-17H2,1-8H3,(H,35,36)/t18-,21-,22+,23-,24-,25+,28+,29-,30-,31-,32+/m1/s1. The van der Waals surface area contributed by atoms with E-state index in [0.29, 0.717) is 25.2 Å². The maximum atomic E-state index is 12.9. The van der Waals surface area contributed by atoms with Crippen molar-refractivity contribution >= 4 is 11.9 Å². The lowest BCUT2D eigenvalue weighted by Crippen LogP contribution is -2.69. The van der Waals surface area contributed by atoms with Gasteiger partial charge >= 0.3 is 11.9 Å². The predicted octanol–water partition coefficient (Wildman–Crippen LogP) is 5.75. The van der Waals surface area contributed by atoms with Crippen molar-refractivity contribution in [2.45, 2.75) is 125 Å². The van der Waals surface area contributed by atoms with Crippen LogP contribution >= 0.6 is 0 Å². The van der Waals surface area contributed by atoms with Crippen molar-refractivity contribution in [3.8, 4) is 0 Å². The smallest absolute Gasteiger partial charge is 0.310 e. The Bertz CT molecular complexity index is 1060. The number of aliphatic carboxylic acids is 1. The van der Waals surface area contributed by atoms with Gasteiger partial charge in [-0.25, -0.2) is 0 Å². The van der Waals surface area contributed by atoms with Crippen molar-refractivity contribution in [3.63, 3.8) is 0 Å². The molecule has 0 aromatic carbocycles. The normalized spacial score (nSPS) is 53.4. The highest BCUT2D eigenvalue weighted by atomic mass is 16.6. The van der Waals surface area contributed by atoms with Gasteiger partial charge in [-0.1, -0.05) is 53.2 Å². The third kappa shape index (κ3) is 3.31. The monoisotopic (exact) mass is 530 g/mol. The van der Waals surface area contributed by atoms with Crippen LogP contribution in [-0.4, -0.2) is 45.1 Å². The van der Waals surface area contributed by atoms with Gasteiger partial charge in [-0.15, -0.1) is 0 Å². The first-order valence-corrected chi connectivity index (χ1v) is 14.9. The molecule has 3 N–H and O–H groups in total. The third-order valence-corrected chi connectivity index (χ3v) is 13.7. The summed E-state index contributed by atoms with van der Waals surface area (Å²) in [5.41, 5.74) is -1.68. The third-order valence-electron chi connectivity index (χ3n) is 13.7. The molecule has 5 rings (SSSR count). The SMILES string of the molecule is CC(=O)O[C@@H]1C[C@]2(C)[C@H]3CC=C4[C@H]5[C@](C(=O)O)(CC[C@@H](C)[C@@]5(C)O)CC[C@@]4(C)[C@]3(C)CC[C@H]2C(C)(C)[C@H]1O. The van der Waals surface area contributed by atoms with Crippen molar-refractivity contribution < 1.29 is 29.6 Å². The number of fused-ring (bicyclic) bond motifs is 7. The number of carbonyl (C=O) groups is 2. The van der Waals surface area contributed by atoms with E-state index < -0.39 is 40.5 Å². The minimum absolute atomic E-state index is 0.0344. The summed E-state index contributed by atoms with van der Waals surface area (Å²) in [6.45, 7) is 16.8. The van der Waals surface area contributed by atoms with Gasteiger partial charge in [-0.3, -0.25) is 9.59 Å². The van der Waals surface area contributed by atoms with E-state index in [1.54, 1.807) is 0 Å². The van der Waals surface area contributed by atoms with Gasteiger partial charge in [-0.05, 0) is 97.7 Å². The molecule has 11 atom stereocenters. The second kappa shape index (κ2) is 8.31. The molecule has 0 amide bonds. The Morgan fingerprint density at radius 1 is 0.974 bits per heavy atom. The summed E-state index contributed by atoms with van der Waals surface area (Å²) in [7, 11) is 0. The average molecular weight is 531 g/mol. The molecule has 214 valence electrons. The molecule has 6 nitrogen and oxygen atoms in total. The van der Waals surface area contributed by atoms with E-state index in [1.165, 1.54) is 12.5 Å². The first-order chi connectivity index (χ1) is 17.4. The number of allylic oxidation sites excluding steroid dienone is 1. The van der Waals surface area contributed by atoms with E-state index >= 15 is 0 Å². The van der Waals surface area contributed by atoms with Crippen LogP contribution in [0.4, 0.5) is 0 Å². The first-order valence-electron chi connectivity index (χ1n) is 14.9. The van der Waals surface area contributed by atoms with E-state index in [4.69, 9.17) is 4.74 Å². The van der Waals surface area contributed by atoms with Gasteiger partial charge in [0.25, 0.3) is 0 Å². The van der Waals surface area contributed by atoms with Gasteiger partial charge in [0.2, 0.25) is 0 Å². The Balaban J connectivity index is 1.63. The second-order valence-electron chi connectivity index (χ2n) is 15.5. The molecule has 0 unspecified atom stereocenters. The van der Waals surface area contributed by atoms with Crippen molar-refractivity contribution in [1.29, 1.82) is 0 Å². The lowest BCUT2D eigenvalue weighted by molar-refractivity contribution is -0.241. The molecule has 5 aliphatic rings. The highest BCUT2D eigenvalue weighted by Crippen LogP contribution is 2.76. The van der Waals surface area contributed by atoms with Crippen LogP contribution in [0.3, 0.4) is 0 Å². The van der Waals surface area contributed by atoms with Gasteiger partial charge in [0.15, 0.2) is 0 Å². The number of rotatable bonds is 2. The Labute approximate surface area is 228 Å². The number of carbonyl (C=O) groups excluding carboxylic acids is 1. The maximum Gasteiger partial charge on any atom is 0.310 e. The van der Waals surface area contributed by atoms with E-state index in [0.717, 1.165) is 32.1 Å². The molecule has 0 spiro atoms. The van der Waals surface area contributed by atoms with Gasteiger partial charge in [0, 0.05) is 12.8 Å². The number of ether oxygens (including phenoxy) is 1. The number of aliphatic hydroxyl groups is 2. The topological polar surface area (TPSA) is 104 Å². The molecule has 0 radical (unpaired) electrons. The molecule has 0 saturated heterocycles. The fraction of sp³-hybridized carbons (Fsp3) is 0.875. The zero-order chi connectivity index (χ0) is 28.3.